The van der Waals surface area contributed by atoms with Crippen LogP contribution in [0.15, 0.2) is 42.5 Å². The van der Waals surface area contributed by atoms with Crippen LogP contribution in [-0.2, 0) is 6.54 Å². The third kappa shape index (κ3) is 6.63. The number of nitrogens with zero attached hydrogens (tertiary/aromatic N) is 2. The lowest BCUT2D eigenvalue weighted by Crippen LogP contribution is -2.48. The zero-order valence-corrected chi connectivity index (χ0v) is 18.0. The summed E-state index contributed by atoms with van der Waals surface area (Å²) in [4.78, 5) is 4.93. The van der Waals surface area contributed by atoms with Crippen LogP contribution in [0.5, 0.6) is 23.0 Å². The Labute approximate surface area is 174 Å². The average molecular weight is 400 g/mol. The predicted octanol–water partition coefficient (Wildman–Crippen LogP) is 3.22. The van der Waals surface area contributed by atoms with Crippen molar-refractivity contribution in [2.24, 2.45) is 0 Å². The minimum absolute atomic E-state index is 0.457. The van der Waals surface area contributed by atoms with Crippen molar-refractivity contribution < 1.29 is 14.2 Å². The first-order valence-electron chi connectivity index (χ1n) is 10.2. The highest BCUT2D eigenvalue weighted by Gasteiger charge is 2.15. The van der Waals surface area contributed by atoms with Crippen molar-refractivity contribution in [2.75, 3.05) is 54.0 Å². The van der Waals surface area contributed by atoms with Gasteiger partial charge in [-0.05, 0) is 31.7 Å². The van der Waals surface area contributed by atoms with Crippen LogP contribution in [0, 0.1) is 0 Å². The maximum Gasteiger partial charge on any atom is 0.134 e. The monoisotopic (exact) mass is 399 g/mol. The van der Waals surface area contributed by atoms with Gasteiger partial charge in [0, 0.05) is 63.5 Å². The lowest BCUT2D eigenvalue weighted by atomic mass is 10.2. The van der Waals surface area contributed by atoms with Crippen molar-refractivity contribution in [1.82, 2.24) is 15.1 Å². The van der Waals surface area contributed by atoms with Gasteiger partial charge in [-0.3, -0.25) is 4.90 Å². The summed E-state index contributed by atoms with van der Waals surface area (Å²) < 4.78 is 16.6. The molecule has 0 bridgehead atoms. The molecule has 1 aliphatic heterocycles. The molecular formula is C23H33N3O3. The van der Waals surface area contributed by atoms with E-state index in [2.05, 4.69) is 41.2 Å². The van der Waals surface area contributed by atoms with E-state index in [0.717, 1.165) is 45.0 Å². The number of methoxy groups -OCH3 is 2. The second-order valence-corrected chi connectivity index (χ2v) is 7.68. The molecule has 1 N–H and O–H groups in total. The topological polar surface area (TPSA) is 46.2 Å². The van der Waals surface area contributed by atoms with Crippen LogP contribution in [0.3, 0.4) is 0 Å². The molecule has 2 aromatic rings. The molecule has 1 fully saturated rings. The van der Waals surface area contributed by atoms with Gasteiger partial charge >= 0.3 is 0 Å². The van der Waals surface area contributed by atoms with Crippen molar-refractivity contribution in [3.8, 4) is 23.0 Å². The summed E-state index contributed by atoms with van der Waals surface area (Å²) in [6, 6.07) is 14.2. The molecule has 1 aliphatic rings. The lowest BCUT2D eigenvalue weighted by molar-refractivity contribution is 0.144. The number of ether oxygens (including phenoxy) is 3. The normalized spacial score (nSPS) is 16.4. The molecule has 3 rings (SSSR count). The quantitative estimate of drug-likeness (QED) is 0.699. The maximum atomic E-state index is 5.96. The molecule has 1 saturated heterocycles. The van der Waals surface area contributed by atoms with Crippen LogP contribution in [0.2, 0.25) is 0 Å². The number of rotatable bonds is 9. The molecule has 158 valence electrons. The number of hydrogen-bond acceptors (Lipinski definition) is 6. The highest BCUT2D eigenvalue weighted by molar-refractivity contribution is 5.44. The third-order valence-electron chi connectivity index (χ3n) is 5.27. The number of nitrogens with one attached hydrogen (secondary N) is 1. The molecule has 0 saturated carbocycles. The molecule has 1 atom stereocenters. The Kier molecular flexibility index (Phi) is 7.75. The molecule has 0 radical (unpaired) electrons. The van der Waals surface area contributed by atoms with Crippen molar-refractivity contribution in [3.63, 3.8) is 0 Å². The van der Waals surface area contributed by atoms with Crippen LogP contribution < -0.4 is 19.5 Å². The maximum absolute atomic E-state index is 5.96. The molecule has 0 spiro atoms. The van der Waals surface area contributed by atoms with E-state index in [0.29, 0.717) is 23.3 Å². The van der Waals surface area contributed by atoms with Gasteiger partial charge in [-0.25, -0.2) is 0 Å². The third-order valence-corrected chi connectivity index (χ3v) is 5.27. The summed E-state index contributed by atoms with van der Waals surface area (Å²) in [7, 11) is 5.45. The van der Waals surface area contributed by atoms with Crippen LogP contribution in [0.4, 0.5) is 0 Å². The summed E-state index contributed by atoms with van der Waals surface area (Å²) >= 11 is 0. The van der Waals surface area contributed by atoms with Gasteiger partial charge in [-0.2, -0.15) is 0 Å². The molecule has 1 heterocycles. The van der Waals surface area contributed by atoms with E-state index >= 15 is 0 Å². The minimum atomic E-state index is 0.457. The van der Waals surface area contributed by atoms with Gasteiger partial charge in [0.2, 0.25) is 0 Å². The average Bonchev–Trinajstić information content (AvgIpc) is 2.74. The van der Waals surface area contributed by atoms with Crippen LogP contribution >= 0.6 is 0 Å². The molecule has 6 nitrogen and oxygen atoms in total. The lowest BCUT2D eigenvalue weighted by Gasteiger charge is -2.34. The Bertz CT molecular complexity index is 736. The fraction of sp³-hybridized carbons (Fsp3) is 0.478. The second kappa shape index (κ2) is 10.5. The zero-order chi connectivity index (χ0) is 20.6. The number of hydrogen-bond donors (Lipinski definition) is 1. The van der Waals surface area contributed by atoms with Crippen molar-refractivity contribution in [3.05, 3.63) is 48.0 Å². The zero-order valence-electron chi connectivity index (χ0n) is 18.0. The van der Waals surface area contributed by atoms with Crippen LogP contribution in [0.1, 0.15) is 12.5 Å². The molecule has 0 aromatic heterocycles. The van der Waals surface area contributed by atoms with E-state index in [9.17, 15) is 0 Å². The van der Waals surface area contributed by atoms with E-state index in [1.54, 1.807) is 14.2 Å². The van der Waals surface area contributed by atoms with E-state index in [1.165, 1.54) is 5.56 Å². The van der Waals surface area contributed by atoms with E-state index in [4.69, 9.17) is 14.2 Å². The Morgan fingerprint density at radius 1 is 0.862 bits per heavy atom. The van der Waals surface area contributed by atoms with Crippen molar-refractivity contribution >= 4 is 0 Å². The van der Waals surface area contributed by atoms with Gasteiger partial charge in [0.1, 0.15) is 23.0 Å². The fourth-order valence-corrected chi connectivity index (χ4v) is 3.43. The molecule has 2 aromatic carbocycles. The highest BCUT2D eigenvalue weighted by Crippen LogP contribution is 2.30. The van der Waals surface area contributed by atoms with Gasteiger partial charge in [0.05, 0.1) is 14.2 Å². The summed E-state index contributed by atoms with van der Waals surface area (Å²) in [5.74, 6) is 2.88. The summed E-state index contributed by atoms with van der Waals surface area (Å²) in [5.41, 5.74) is 1.24. The summed E-state index contributed by atoms with van der Waals surface area (Å²) in [6.45, 7) is 8.83. The summed E-state index contributed by atoms with van der Waals surface area (Å²) in [6.07, 6.45) is 0. The molecule has 1 unspecified atom stereocenters. The number of benzene rings is 2. The van der Waals surface area contributed by atoms with Crippen LogP contribution in [0.25, 0.3) is 0 Å². The summed E-state index contributed by atoms with van der Waals surface area (Å²) in [5, 5.41) is 3.63. The van der Waals surface area contributed by atoms with Crippen molar-refractivity contribution in [2.45, 2.75) is 19.5 Å². The Balaban J connectivity index is 1.48. The standard InChI is InChI=1S/C23H33N3O3/c1-18(17-26-11-9-25(2)10-12-26)24-16-19-5-7-20(8-6-19)29-23-14-21(27-3)13-22(15-23)28-4/h5-8,13-15,18,24H,9-12,16-17H2,1-4H3. The Morgan fingerprint density at radius 2 is 1.45 bits per heavy atom. The first kappa shape index (κ1) is 21.4. The van der Waals surface area contributed by atoms with E-state index in [-0.39, 0.29) is 0 Å². The molecule has 0 aliphatic carbocycles. The van der Waals surface area contributed by atoms with E-state index < -0.39 is 0 Å². The highest BCUT2D eigenvalue weighted by atomic mass is 16.5. The van der Waals surface area contributed by atoms with Gasteiger partial charge in [-0.1, -0.05) is 12.1 Å². The van der Waals surface area contributed by atoms with Crippen LogP contribution in [-0.4, -0.2) is 69.8 Å². The largest absolute Gasteiger partial charge is 0.496 e. The van der Waals surface area contributed by atoms with Gasteiger partial charge in [-0.15, -0.1) is 0 Å². The van der Waals surface area contributed by atoms with Gasteiger partial charge < -0.3 is 24.4 Å². The molecule has 6 heteroatoms. The van der Waals surface area contributed by atoms with Gasteiger partial charge in [0.15, 0.2) is 0 Å². The van der Waals surface area contributed by atoms with E-state index in [1.807, 2.05) is 30.3 Å². The predicted molar refractivity (Wildman–Crippen MR) is 116 cm³/mol. The minimum Gasteiger partial charge on any atom is -0.496 e. The van der Waals surface area contributed by atoms with Crippen molar-refractivity contribution in [1.29, 1.82) is 0 Å². The smallest absolute Gasteiger partial charge is 0.134 e. The fourth-order valence-electron chi connectivity index (χ4n) is 3.43. The Hall–Kier alpha value is -2.28. The van der Waals surface area contributed by atoms with Gasteiger partial charge in [0.25, 0.3) is 0 Å². The number of likely N-dealkylation sites (N-methyl/N-ethyl adjacent to an activating group) is 1. The first-order chi connectivity index (χ1) is 14.1. The SMILES string of the molecule is COc1cc(OC)cc(Oc2ccc(CNC(C)CN3CCN(C)CC3)cc2)c1. The first-order valence-corrected chi connectivity index (χ1v) is 10.2. The Morgan fingerprint density at radius 3 is 2.03 bits per heavy atom. The number of piperazine rings is 1. The second-order valence-electron chi connectivity index (χ2n) is 7.68. The molecule has 29 heavy (non-hydrogen) atoms. The molecular weight excluding hydrogens is 366 g/mol. The molecule has 0 amide bonds.